The molecule has 0 saturated heterocycles. The van der Waals surface area contributed by atoms with Crippen LogP contribution in [-0.2, 0) is 0 Å². The van der Waals surface area contributed by atoms with E-state index in [4.69, 9.17) is 5.11 Å². The van der Waals surface area contributed by atoms with Gasteiger partial charge in [0.1, 0.15) is 5.82 Å². The van der Waals surface area contributed by atoms with Gasteiger partial charge < -0.3 is 10.0 Å². The summed E-state index contributed by atoms with van der Waals surface area (Å²) in [6.45, 7) is 4.29. The van der Waals surface area contributed by atoms with Crippen LogP contribution in [0.2, 0.25) is 0 Å². The third-order valence-electron chi connectivity index (χ3n) is 5.81. The van der Waals surface area contributed by atoms with Crippen molar-refractivity contribution in [2.75, 3.05) is 6.61 Å². The van der Waals surface area contributed by atoms with Crippen LogP contribution >= 0.6 is 0 Å². The zero-order chi connectivity index (χ0) is 18.0. The summed E-state index contributed by atoms with van der Waals surface area (Å²) in [4.78, 5) is 15.1. The van der Waals surface area contributed by atoms with Crippen LogP contribution in [0.25, 0.3) is 0 Å². The first-order valence-corrected chi connectivity index (χ1v) is 9.74. The molecule has 0 unspecified atom stereocenters. The van der Waals surface area contributed by atoms with Gasteiger partial charge >= 0.3 is 0 Å². The summed E-state index contributed by atoms with van der Waals surface area (Å²) >= 11 is 0. The minimum atomic E-state index is -0.393. The predicted molar refractivity (Wildman–Crippen MR) is 97.1 cm³/mol. The highest BCUT2D eigenvalue weighted by molar-refractivity contribution is 5.95. The van der Waals surface area contributed by atoms with Crippen molar-refractivity contribution in [2.24, 2.45) is 5.92 Å². The average Bonchev–Trinajstić information content (AvgIpc) is 3.41. The summed E-state index contributed by atoms with van der Waals surface area (Å²) in [5.74, 6) is 0.288. The van der Waals surface area contributed by atoms with Gasteiger partial charge in [-0.2, -0.15) is 0 Å². The van der Waals surface area contributed by atoms with E-state index in [1.54, 1.807) is 6.07 Å². The highest BCUT2D eigenvalue weighted by Crippen LogP contribution is 2.37. The Bertz CT molecular complexity index is 604. The monoisotopic (exact) mass is 347 g/mol. The number of rotatable bonds is 6. The van der Waals surface area contributed by atoms with Crippen LogP contribution in [0.15, 0.2) is 18.2 Å². The lowest BCUT2D eigenvalue weighted by Gasteiger charge is -2.37. The maximum absolute atomic E-state index is 14.6. The molecule has 0 bridgehead atoms. The highest BCUT2D eigenvalue weighted by atomic mass is 19.1. The third kappa shape index (κ3) is 4.22. The lowest BCUT2D eigenvalue weighted by molar-refractivity contribution is 0.0573. The van der Waals surface area contributed by atoms with Crippen molar-refractivity contribution in [2.45, 2.75) is 76.8 Å². The molecule has 2 aliphatic rings. The molecule has 0 heterocycles. The second-order valence-corrected chi connectivity index (χ2v) is 8.02. The van der Waals surface area contributed by atoms with E-state index in [1.807, 2.05) is 24.8 Å². The van der Waals surface area contributed by atoms with Crippen molar-refractivity contribution < 1.29 is 14.3 Å². The van der Waals surface area contributed by atoms with Crippen LogP contribution in [0.5, 0.6) is 0 Å². The maximum atomic E-state index is 14.6. The minimum Gasteiger partial charge on any atom is -0.396 e. The molecule has 2 aliphatic carbocycles. The van der Waals surface area contributed by atoms with E-state index >= 15 is 0 Å². The summed E-state index contributed by atoms with van der Waals surface area (Å²) in [7, 11) is 0. The SMILES string of the molecule is CC(C)c1ccc(C(=O)N(C2CCC(CCO)CC2)C2CC2)c(F)c1. The number of carbonyl (C=O) groups is 1. The third-order valence-corrected chi connectivity index (χ3v) is 5.81. The number of hydrogen-bond acceptors (Lipinski definition) is 2. The number of carbonyl (C=O) groups excluding carboxylic acids is 1. The van der Waals surface area contributed by atoms with Gasteiger partial charge in [0.15, 0.2) is 0 Å². The number of aliphatic hydroxyl groups is 1. The minimum absolute atomic E-state index is 0.138. The predicted octanol–water partition coefficient (Wildman–Crippen LogP) is 4.49. The molecule has 0 atom stereocenters. The van der Waals surface area contributed by atoms with Crippen molar-refractivity contribution in [3.63, 3.8) is 0 Å². The molecule has 1 amide bonds. The molecule has 0 spiro atoms. The molecule has 0 aliphatic heterocycles. The van der Waals surface area contributed by atoms with Gasteiger partial charge in [0.05, 0.1) is 5.56 Å². The number of benzene rings is 1. The number of hydrogen-bond donors (Lipinski definition) is 1. The topological polar surface area (TPSA) is 40.5 Å². The van der Waals surface area contributed by atoms with E-state index in [0.717, 1.165) is 50.5 Å². The number of halogens is 1. The molecule has 138 valence electrons. The van der Waals surface area contributed by atoms with Gasteiger partial charge in [-0.15, -0.1) is 0 Å². The Kier molecular flexibility index (Phi) is 5.78. The molecule has 3 nitrogen and oxygen atoms in total. The smallest absolute Gasteiger partial charge is 0.257 e. The lowest BCUT2D eigenvalue weighted by atomic mass is 9.83. The molecule has 25 heavy (non-hydrogen) atoms. The van der Waals surface area contributed by atoms with Gasteiger partial charge in [-0.25, -0.2) is 4.39 Å². The average molecular weight is 347 g/mol. The van der Waals surface area contributed by atoms with Crippen LogP contribution in [0.4, 0.5) is 4.39 Å². The quantitative estimate of drug-likeness (QED) is 0.823. The van der Waals surface area contributed by atoms with E-state index < -0.39 is 5.82 Å². The highest BCUT2D eigenvalue weighted by Gasteiger charge is 2.39. The Morgan fingerprint density at radius 2 is 1.76 bits per heavy atom. The van der Waals surface area contributed by atoms with E-state index in [9.17, 15) is 9.18 Å². The molecule has 3 rings (SSSR count). The Morgan fingerprint density at radius 3 is 2.24 bits per heavy atom. The van der Waals surface area contributed by atoms with E-state index in [2.05, 4.69) is 0 Å². The molecular formula is C21H30FNO2. The van der Waals surface area contributed by atoms with Gasteiger partial charge in [0.25, 0.3) is 5.91 Å². The molecule has 1 aromatic carbocycles. The standard InChI is InChI=1S/C21H30FNO2/c1-14(2)16-5-10-19(20(22)13-16)21(25)23(18-8-9-18)17-6-3-15(4-7-17)11-12-24/h5,10,13-15,17-18,24H,3-4,6-9,11-12H2,1-2H3. The van der Waals surface area contributed by atoms with Crippen LogP contribution < -0.4 is 0 Å². The van der Waals surface area contributed by atoms with Gasteiger partial charge in [-0.3, -0.25) is 4.79 Å². The van der Waals surface area contributed by atoms with Gasteiger partial charge in [-0.1, -0.05) is 19.9 Å². The fraction of sp³-hybridized carbons (Fsp3) is 0.667. The molecule has 1 aromatic rings. The fourth-order valence-electron chi connectivity index (χ4n) is 4.08. The Labute approximate surface area is 150 Å². The Balaban J connectivity index is 1.74. The van der Waals surface area contributed by atoms with Crippen LogP contribution in [0.1, 0.15) is 80.6 Å². The summed E-state index contributed by atoms with van der Waals surface area (Å²) in [5, 5.41) is 9.11. The summed E-state index contributed by atoms with van der Waals surface area (Å²) in [6.07, 6.45) is 6.97. The number of nitrogens with zero attached hydrogens (tertiary/aromatic N) is 1. The number of aliphatic hydroxyl groups excluding tert-OH is 1. The van der Waals surface area contributed by atoms with Crippen LogP contribution in [-0.4, -0.2) is 34.6 Å². The molecular weight excluding hydrogens is 317 g/mol. The zero-order valence-electron chi connectivity index (χ0n) is 15.4. The number of amides is 1. The van der Waals surface area contributed by atoms with E-state index in [1.165, 1.54) is 6.07 Å². The summed E-state index contributed by atoms with van der Waals surface area (Å²) in [6, 6.07) is 5.57. The second-order valence-electron chi connectivity index (χ2n) is 8.02. The molecule has 0 radical (unpaired) electrons. The van der Waals surface area contributed by atoms with Crippen molar-refractivity contribution in [3.8, 4) is 0 Å². The molecule has 2 saturated carbocycles. The van der Waals surface area contributed by atoms with E-state index in [-0.39, 0.29) is 36.1 Å². The second kappa shape index (κ2) is 7.86. The maximum Gasteiger partial charge on any atom is 0.257 e. The fourth-order valence-corrected chi connectivity index (χ4v) is 4.08. The van der Waals surface area contributed by atoms with Gasteiger partial charge in [-0.05, 0) is 74.5 Å². The van der Waals surface area contributed by atoms with Crippen LogP contribution in [0.3, 0.4) is 0 Å². The van der Waals surface area contributed by atoms with Crippen molar-refractivity contribution in [1.82, 2.24) is 4.90 Å². The normalized spacial score (nSPS) is 23.7. The first kappa shape index (κ1) is 18.4. The Morgan fingerprint density at radius 1 is 1.16 bits per heavy atom. The first-order chi connectivity index (χ1) is 12.0. The first-order valence-electron chi connectivity index (χ1n) is 9.74. The zero-order valence-corrected chi connectivity index (χ0v) is 15.4. The van der Waals surface area contributed by atoms with Gasteiger partial charge in [0.2, 0.25) is 0 Å². The lowest BCUT2D eigenvalue weighted by Crippen LogP contribution is -2.44. The molecule has 4 heteroatoms. The Hall–Kier alpha value is -1.42. The van der Waals surface area contributed by atoms with Crippen molar-refractivity contribution in [1.29, 1.82) is 0 Å². The summed E-state index contributed by atoms with van der Waals surface area (Å²) in [5.41, 5.74) is 1.14. The largest absolute Gasteiger partial charge is 0.396 e. The van der Waals surface area contributed by atoms with Crippen molar-refractivity contribution in [3.05, 3.63) is 35.1 Å². The molecule has 1 N–H and O–H groups in total. The van der Waals surface area contributed by atoms with Crippen molar-refractivity contribution >= 4 is 5.91 Å². The van der Waals surface area contributed by atoms with E-state index in [0.29, 0.717) is 5.92 Å². The molecule has 0 aromatic heterocycles. The van der Waals surface area contributed by atoms with Gasteiger partial charge in [0, 0.05) is 18.7 Å². The summed E-state index contributed by atoms with van der Waals surface area (Å²) < 4.78 is 14.6. The molecule has 2 fully saturated rings. The van der Waals surface area contributed by atoms with Crippen LogP contribution in [0, 0.1) is 11.7 Å².